The molecule has 156 valence electrons. The Morgan fingerprint density at radius 2 is 1.46 bits per heavy atom. The molecule has 28 heavy (non-hydrogen) atoms. The Kier molecular flexibility index (Phi) is 8.05. The molecule has 2 fully saturated rings. The molecule has 0 atom stereocenters. The van der Waals surface area contributed by atoms with E-state index in [0.717, 1.165) is 49.5 Å². The van der Waals surface area contributed by atoms with Crippen LogP contribution in [0.5, 0.6) is 0 Å². The van der Waals surface area contributed by atoms with E-state index >= 15 is 0 Å². The Morgan fingerprint density at radius 1 is 0.857 bits per heavy atom. The first-order chi connectivity index (χ1) is 13.6. The largest absolute Gasteiger partial charge is 0.294 e. The van der Waals surface area contributed by atoms with Gasteiger partial charge in [0.15, 0.2) is 5.78 Å². The molecule has 0 heterocycles. The quantitative estimate of drug-likeness (QED) is 0.325. The summed E-state index contributed by atoms with van der Waals surface area (Å²) < 4.78 is 29.2. The Balaban J connectivity index is 1.59. The zero-order valence-electron chi connectivity index (χ0n) is 17.5. The van der Waals surface area contributed by atoms with E-state index in [2.05, 4.69) is 6.92 Å². The van der Waals surface area contributed by atoms with Crippen LogP contribution in [0.4, 0.5) is 8.78 Å². The molecule has 0 aliphatic heterocycles. The second kappa shape index (κ2) is 10.5. The summed E-state index contributed by atoms with van der Waals surface area (Å²) in [5.41, 5.74) is 0.427. The number of rotatable bonds is 8. The number of unbranched alkanes of at least 4 members (excludes halogenated alkanes) is 3. The minimum atomic E-state index is -0.662. The third-order valence-corrected chi connectivity index (χ3v) is 7.16. The molecule has 0 radical (unpaired) electrons. The van der Waals surface area contributed by atoms with Crippen LogP contribution in [0.1, 0.15) is 119 Å². The van der Waals surface area contributed by atoms with Crippen LogP contribution in [0.2, 0.25) is 0 Å². The number of hydrogen-bond acceptors (Lipinski definition) is 1. The van der Waals surface area contributed by atoms with Gasteiger partial charge in [-0.15, -0.1) is 0 Å². The summed E-state index contributed by atoms with van der Waals surface area (Å²) in [6.45, 7) is 2.10. The van der Waals surface area contributed by atoms with Gasteiger partial charge in [-0.05, 0) is 67.6 Å². The van der Waals surface area contributed by atoms with Gasteiger partial charge in [-0.25, -0.2) is 8.78 Å². The Morgan fingerprint density at radius 3 is 2.07 bits per heavy atom. The second-order valence-corrected chi connectivity index (χ2v) is 9.10. The maximum Gasteiger partial charge on any atom is 0.168 e. The Labute approximate surface area is 169 Å². The van der Waals surface area contributed by atoms with E-state index in [1.165, 1.54) is 57.1 Å². The SMILES string of the molecule is CCCCCCC(=O)c1c(F)cc(C2CCC(C3CCCCC3)CC2)cc1F. The standard InChI is InChI=1S/C25H36F2O/c1-2-3-4-8-11-24(28)25-22(26)16-21(17-23(25)27)20-14-12-19(13-15-20)18-9-6-5-7-10-18/h16-20H,2-15H2,1H3. The average Bonchev–Trinajstić information content (AvgIpc) is 2.71. The highest BCUT2D eigenvalue weighted by Gasteiger charge is 2.30. The molecule has 0 amide bonds. The number of carbonyl (C=O) groups excluding carboxylic acids is 1. The van der Waals surface area contributed by atoms with Crippen molar-refractivity contribution >= 4 is 5.78 Å². The maximum atomic E-state index is 14.6. The van der Waals surface area contributed by atoms with Crippen LogP contribution in [0, 0.1) is 23.5 Å². The first-order valence-corrected chi connectivity index (χ1v) is 11.6. The molecular weight excluding hydrogens is 354 g/mol. The van der Waals surface area contributed by atoms with Crippen LogP contribution < -0.4 is 0 Å². The van der Waals surface area contributed by atoms with E-state index < -0.39 is 17.4 Å². The number of hydrogen-bond donors (Lipinski definition) is 0. The molecule has 3 rings (SSSR count). The highest BCUT2D eigenvalue weighted by atomic mass is 19.1. The van der Waals surface area contributed by atoms with Crippen LogP contribution in [0.3, 0.4) is 0 Å². The van der Waals surface area contributed by atoms with Crippen LogP contribution >= 0.6 is 0 Å². The van der Waals surface area contributed by atoms with Crippen molar-refractivity contribution in [3.05, 3.63) is 34.9 Å². The zero-order valence-corrected chi connectivity index (χ0v) is 17.5. The van der Waals surface area contributed by atoms with Crippen molar-refractivity contribution in [3.63, 3.8) is 0 Å². The fourth-order valence-corrected chi connectivity index (χ4v) is 5.46. The summed E-state index contributed by atoms with van der Waals surface area (Å²) in [6.07, 6.45) is 15.3. The van der Waals surface area contributed by atoms with Gasteiger partial charge in [0.2, 0.25) is 0 Å². The minimum Gasteiger partial charge on any atom is -0.294 e. The molecular formula is C25H36F2O. The number of Topliss-reactive ketones (excluding diaryl/α,β-unsaturated/α-hetero) is 1. The summed E-state index contributed by atoms with van der Waals surface area (Å²) >= 11 is 0. The normalized spacial score (nSPS) is 23.7. The van der Waals surface area contributed by atoms with Gasteiger partial charge < -0.3 is 0 Å². The van der Waals surface area contributed by atoms with Crippen molar-refractivity contribution in [2.45, 2.75) is 103 Å². The Bertz CT molecular complexity index is 617. The minimum absolute atomic E-state index is 0.234. The van der Waals surface area contributed by atoms with E-state index in [1.807, 2.05) is 0 Å². The molecule has 0 spiro atoms. The molecule has 2 saturated carbocycles. The van der Waals surface area contributed by atoms with Gasteiger partial charge in [0.05, 0.1) is 5.56 Å². The summed E-state index contributed by atoms with van der Waals surface area (Å²) in [5, 5.41) is 0. The lowest BCUT2D eigenvalue weighted by atomic mass is 9.70. The third kappa shape index (κ3) is 5.42. The van der Waals surface area contributed by atoms with E-state index in [-0.39, 0.29) is 17.9 Å². The van der Waals surface area contributed by atoms with Gasteiger partial charge in [0, 0.05) is 6.42 Å². The van der Waals surface area contributed by atoms with Gasteiger partial charge in [-0.1, -0.05) is 58.3 Å². The summed E-state index contributed by atoms with van der Waals surface area (Å²) in [7, 11) is 0. The topological polar surface area (TPSA) is 17.1 Å². The summed E-state index contributed by atoms with van der Waals surface area (Å²) in [6, 6.07) is 2.88. The average molecular weight is 391 g/mol. The second-order valence-electron chi connectivity index (χ2n) is 9.10. The van der Waals surface area contributed by atoms with Crippen molar-refractivity contribution < 1.29 is 13.6 Å². The molecule has 0 N–H and O–H groups in total. The number of carbonyl (C=O) groups is 1. The smallest absolute Gasteiger partial charge is 0.168 e. The van der Waals surface area contributed by atoms with Gasteiger partial charge in [0.1, 0.15) is 11.6 Å². The van der Waals surface area contributed by atoms with Crippen LogP contribution in [-0.4, -0.2) is 5.78 Å². The van der Waals surface area contributed by atoms with E-state index in [1.54, 1.807) is 0 Å². The number of ketones is 1. The first-order valence-electron chi connectivity index (χ1n) is 11.6. The number of halogens is 2. The molecule has 1 aromatic carbocycles. The Hall–Kier alpha value is -1.25. The fraction of sp³-hybridized carbons (Fsp3) is 0.720. The first kappa shape index (κ1) is 21.5. The van der Waals surface area contributed by atoms with Crippen molar-refractivity contribution in [3.8, 4) is 0 Å². The monoisotopic (exact) mass is 390 g/mol. The van der Waals surface area contributed by atoms with E-state index in [0.29, 0.717) is 6.42 Å². The fourth-order valence-electron chi connectivity index (χ4n) is 5.46. The lowest BCUT2D eigenvalue weighted by molar-refractivity contribution is 0.0971. The van der Waals surface area contributed by atoms with Crippen LogP contribution in [0.25, 0.3) is 0 Å². The highest BCUT2D eigenvalue weighted by Crippen LogP contribution is 2.43. The third-order valence-electron chi connectivity index (χ3n) is 7.16. The molecule has 2 aliphatic carbocycles. The van der Waals surface area contributed by atoms with Gasteiger partial charge in [0.25, 0.3) is 0 Å². The molecule has 0 saturated heterocycles. The van der Waals surface area contributed by atoms with Crippen molar-refractivity contribution in [1.82, 2.24) is 0 Å². The summed E-state index contributed by atoms with van der Waals surface area (Å²) in [5.74, 6) is 0.192. The molecule has 0 unspecified atom stereocenters. The van der Waals surface area contributed by atoms with Crippen LogP contribution in [0.15, 0.2) is 12.1 Å². The molecule has 3 heteroatoms. The van der Waals surface area contributed by atoms with E-state index in [4.69, 9.17) is 0 Å². The van der Waals surface area contributed by atoms with Gasteiger partial charge in [-0.2, -0.15) is 0 Å². The van der Waals surface area contributed by atoms with E-state index in [9.17, 15) is 13.6 Å². The number of benzene rings is 1. The van der Waals surface area contributed by atoms with Gasteiger partial charge >= 0.3 is 0 Å². The molecule has 1 aromatic rings. The van der Waals surface area contributed by atoms with Gasteiger partial charge in [-0.3, -0.25) is 4.79 Å². The molecule has 0 bridgehead atoms. The predicted molar refractivity (Wildman–Crippen MR) is 111 cm³/mol. The molecule has 1 nitrogen and oxygen atoms in total. The highest BCUT2D eigenvalue weighted by molar-refractivity contribution is 5.96. The van der Waals surface area contributed by atoms with Crippen molar-refractivity contribution in [1.29, 1.82) is 0 Å². The van der Waals surface area contributed by atoms with Crippen molar-refractivity contribution in [2.75, 3.05) is 0 Å². The zero-order chi connectivity index (χ0) is 19.9. The summed E-state index contributed by atoms with van der Waals surface area (Å²) in [4.78, 5) is 12.3. The lowest BCUT2D eigenvalue weighted by Gasteiger charge is -2.36. The van der Waals surface area contributed by atoms with Crippen LogP contribution in [-0.2, 0) is 0 Å². The predicted octanol–water partition coefficient (Wildman–Crippen LogP) is 7.97. The van der Waals surface area contributed by atoms with Crippen molar-refractivity contribution in [2.24, 2.45) is 11.8 Å². The molecule has 2 aliphatic rings. The lowest BCUT2D eigenvalue weighted by Crippen LogP contribution is -2.23. The molecule has 0 aromatic heterocycles. The maximum absolute atomic E-state index is 14.6.